The molecule has 0 bridgehead atoms. The van der Waals surface area contributed by atoms with Gasteiger partial charge in [-0.1, -0.05) is 23.7 Å². The predicted octanol–water partition coefficient (Wildman–Crippen LogP) is 5.54. The minimum atomic E-state index is -0.956. The molecule has 7 rings (SSSR count). The number of carbonyl (C=O) groups is 1. The van der Waals surface area contributed by atoms with E-state index in [1.54, 1.807) is 30.3 Å². The number of carboxylic acid groups (broad SMARTS) is 1. The average Bonchev–Trinajstić information content (AvgIpc) is 3.31. The topological polar surface area (TPSA) is 89.3 Å². The van der Waals surface area contributed by atoms with Gasteiger partial charge in [-0.3, -0.25) is 4.90 Å². The Kier molecular flexibility index (Phi) is 7.36. The fraction of sp³-hybridized carbons (Fsp3) is 0.375. The van der Waals surface area contributed by atoms with Gasteiger partial charge >= 0.3 is 5.97 Å². The number of carboxylic acids is 1. The number of aromatic nitrogens is 2. The molecule has 3 aliphatic heterocycles. The van der Waals surface area contributed by atoms with Crippen LogP contribution in [0.4, 0.5) is 10.1 Å². The van der Waals surface area contributed by atoms with Crippen LogP contribution in [0.2, 0.25) is 5.02 Å². The number of ether oxygens (including phenoxy) is 3. The van der Waals surface area contributed by atoms with Crippen molar-refractivity contribution in [1.82, 2.24) is 14.5 Å². The molecule has 0 amide bonds. The summed E-state index contributed by atoms with van der Waals surface area (Å²) in [7, 11) is 0. The number of rotatable bonds is 7. The molecule has 3 aromatic carbocycles. The zero-order valence-corrected chi connectivity index (χ0v) is 24.5. The summed E-state index contributed by atoms with van der Waals surface area (Å²) in [5.74, 6) is 0.785. The highest BCUT2D eigenvalue weighted by Crippen LogP contribution is 2.44. The Hall–Kier alpha value is -3.86. The summed E-state index contributed by atoms with van der Waals surface area (Å²) >= 11 is 5.96. The van der Waals surface area contributed by atoms with Crippen LogP contribution in [0.1, 0.15) is 41.2 Å². The number of hydrogen-bond donors (Lipinski definition) is 1. The number of anilines is 1. The first-order valence-electron chi connectivity index (χ1n) is 14.5. The van der Waals surface area contributed by atoms with Gasteiger partial charge in [0.05, 0.1) is 41.5 Å². The summed E-state index contributed by atoms with van der Waals surface area (Å²) in [6.45, 7) is 6.70. The monoisotopic (exact) mass is 606 g/mol. The number of nitrogens with zero attached hydrogens (tertiary/aromatic N) is 4. The maximum Gasteiger partial charge on any atom is 0.335 e. The third kappa shape index (κ3) is 5.39. The highest BCUT2D eigenvalue weighted by atomic mass is 35.5. The third-order valence-corrected chi connectivity index (χ3v) is 8.86. The Morgan fingerprint density at radius 2 is 2.02 bits per heavy atom. The van der Waals surface area contributed by atoms with Gasteiger partial charge < -0.3 is 28.8 Å². The second kappa shape index (κ2) is 11.3. The largest absolute Gasteiger partial charge is 0.485 e. The molecular weight excluding hydrogens is 575 g/mol. The van der Waals surface area contributed by atoms with Gasteiger partial charge in [-0.2, -0.15) is 0 Å². The van der Waals surface area contributed by atoms with Crippen LogP contribution in [0.15, 0.2) is 54.6 Å². The Morgan fingerprint density at radius 1 is 1.16 bits per heavy atom. The average molecular weight is 607 g/mol. The van der Waals surface area contributed by atoms with Crippen LogP contribution in [0.3, 0.4) is 0 Å². The van der Waals surface area contributed by atoms with E-state index < -0.39 is 17.9 Å². The van der Waals surface area contributed by atoms with E-state index in [1.807, 2.05) is 18.2 Å². The molecule has 1 aromatic heterocycles. The molecule has 1 unspecified atom stereocenters. The van der Waals surface area contributed by atoms with Gasteiger partial charge in [0.1, 0.15) is 18.2 Å². The number of hydrogen-bond acceptors (Lipinski definition) is 7. The molecule has 4 heterocycles. The molecule has 3 aliphatic rings. The zero-order chi connectivity index (χ0) is 29.7. The van der Waals surface area contributed by atoms with Crippen LogP contribution >= 0.6 is 11.6 Å². The van der Waals surface area contributed by atoms with Crippen LogP contribution in [-0.4, -0.2) is 70.5 Å². The lowest BCUT2D eigenvalue weighted by molar-refractivity contribution is -0.0592. The molecule has 224 valence electrons. The number of piperazine rings is 1. The van der Waals surface area contributed by atoms with E-state index in [0.717, 1.165) is 55.2 Å². The number of fused-ring (bicyclic) bond motifs is 2. The molecule has 2 saturated heterocycles. The first-order chi connectivity index (χ1) is 20.8. The minimum Gasteiger partial charge on any atom is -0.485 e. The van der Waals surface area contributed by atoms with Crippen molar-refractivity contribution in [2.24, 2.45) is 0 Å². The van der Waals surface area contributed by atoms with E-state index in [1.165, 1.54) is 6.07 Å². The second-order valence-corrected chi connectivity index (χ2v) is 11.8. The first kappa shape index (κ1) is 27.9. The number of imidazole rings is 1. The highest BCUT2D eigenvalue weighted by Gasteiger charge is 2.32. The molecule has 2 fully saturated rings. The van der Waals surface area contributed by atoms with Crippen LogP contribution in [0, 0.1) is 5.82 Å². The van der Waals surface area contributed by atoms with Crippen LogP contribution in [0.5, 0.6) is 11.5 Å². The molecule has 1 N–H and O–H groups in total. The summed E-state index contributed by atoms with van der Waals surface area (Å²) in [6, 6.07) is 15.7. The second-order valence-electron chi connectivity index (χ2n) is 11.4. The Labute approximate surface area is 253 Å². The molecule has 4 aromatic rings. The predicted molar refractivity (Wildman–Crippen MR) is 160 cm³/mol. The molecule has 9 nitrogen and oxygen atoms in total. The van der Waals surface area contributed by atoms with Crippen molar-refractivity contribution < 1.29 is 28.5 Å². The number of para-hydroxylation sites is 1. The standard InChI is InChI=1S/C32H32ClFN4O5/c1-19-15-37(26-3-2-4-28-31(26)43-29(18-42-28)23-7-6-21(33)14-24(23)34)11-10-36(19)17-30-35-25-8-5-20(32(39)40)13-27(25)38(30)16-22-9-12-41-22/h2-8,13-14,19,22,29H,9-12,15-18H2,1H3,(H,39,40)/t19-,22-,29?/m0/s1. The fourth-order valence-corrected chi connectivity index (χ4v) is 6.29. The van der Waals surface area contributed by atoms with Gasteiger partial charge in [-0.25, -0.2) is 14.2 Å². The van der Waals surface area contributed by atoms with Gasteiger partial charge in [0.2, 0.25) is 0 Å². The number of halogens is 2. The van der Waals surface area contributed by atoms with Gasteiger partial charge in [-0.15, -0.1) is 0 Å². The maximum atomic E-state index is 14.7. The molecule has 0 saturated carbocycles. The van der Waals surface area contributed by atoms with Crippen molar-refractivity contribution in [3.05, 3.63) is 82.4 Å². The van der Waals surface area contributed by atoms with Crippen molar-refractivity contribution >= 4 is 34.3 Å². The third-order valence-electron chi connectivity index (χ3n) is 8.62. The summed E-state index contributed by atoms with van der Waals surface area (Å²) in [5, 5.41) is 9.89. The summed E-state index contributed by atoms with van der Waals surface area (Å²) in [4.78, 5) is 21.3. The van der Waals surface area contributed by atoms with E-state index in [0.29, 0.717) is 35.2 Å². The minimum absolute atomic E-state index is 0.107. The molecule has 11 heteroatoms. The van der Waals surface area contributed by atoms with E-state index in [9.17, 15) is 14.3 Å². The molecule has 0 radical (unpaired) electrons. The van der Waals surface area contributed by atoms with Crippen molar-refractivity contribution in [3.63, 3.8) is 0 Å². The van der Waals surface area contributed by atoms with E-state index in [4.69, 9.17) is 30.8 Å². The zero-order valence-electron chi connectivity index (χ0n) is 23.7. The van der Waals surface area contributed by atoms with Gasteiger partial charge in [0.15, 0.2) is 17.6 Å². The summed E-state index contributed by atoms with van der Waals surface area (Å²) in [5.41, 5.74) is 3.17. The van der Waals surface area contributed by atoms with E-state index in [2.05, 4.69) is 21.3 Å². The van der Waals surface area contributed by atoms with Crippen molar-refractivity contribution in [1.29, 1.82) is 0 Å². The van der Waals surface area contributed by atoms with E-state index >= 15 is 0 Å². The van der Waals surface area contributed by atoms with Crippen molar-refractivity contribution in [3.8, 4) is 11.5 Å². The normalized spacial score (nSPS) is 22.0. The van der Waals surface area contributed by atoms with Crippen LogP contribution in [-0.2, 0) is 17.8 Å². The Morgan fingerprint density at radius 3 is 2.77 bits per heavy atom. The lowest BCUT2D eigenvalue weighted by Gasteiger charge is -2.42. The van der Waals surface area contributed by atoms with E-state index in [-0.39, 0.29) is 24.3 Å². The fourth-order valence-electron chi connectivity index (χ4n) is 6.14. The van der Waals surface area contributed by atoms with Gasteiger partial charge in [0.25, 0.3) is 0 Å². The summed E-state index contributed by atoms with van der Waals surface area (Å²) in [6.07, 6.45) is 0.500. The van der Waals surface area contributed by atoms with Crippen LogP contribution < -0.4 is 14.4 Å². The SMILES string of the molecule is C[C@H]1CN(c2cccc3c2OC(c2ccc(Cl)cc2F)CO3)CCN1Cc1nc2ccc(C(=O)O)cc2n1C[C@@H]1CCO1. The highest BCUT2D eigenvalue weighted by molar-refractivity contribution is 6.30. The Balaban J connectivity index is 1.10. The quantitative estimate of drug-likeness (QED) is 0.293. The molecule has 0 spiro atoms. The first-order valence-corrected chi connectivity index (χ1v) is 14.9. The van der Waals surface area contributed by atoms with Crippen molar-refractivity contribution in [2.75, 3.05) is 37.7 Å². The Bertz CT molecular complexity index is 1690. The molecule has 43 heavy (non-hydrogen) atoms. The van der Waals surface area contributed by atoms with Gasteiger partial charge in [-0.05, 0) is 55.8 Å². The summed E-state index contributed by atoms with van der Waals surface area (Å²) < 4.78 is 35.0. The number of benzene rings is 3. The lowest BCUT2D eigenvalue weighted by Crippen LogP contribution is -2.52. The number of aromatic carboxylic acids is 1. The lowest BCUT2D eigenvalue weighted by atomic mass is 10.1. The molecule has 0 aliphatic carbocycles. The molecule has 3 atom stereocenters. The van der Waals surface area contributed by atoms with Crippen molar-refractivity contribution in [2.45, 2.75) is 44.7 Å². The molecular formula is C32H32ClFN4O5. The van der Waals surface area contributed by atoms with Crippen LogP contribution in [0.25, 0.3) is 11.0 Å². The maximum absolute atomic E-state index is 14.7. The van der Waals surface area contributed by atoms with Gasteiger partial charge in [0, 0.05) is 42.9 Å². The smallest absolute Gasteiger partial charge is 0.335 e.